The summed E-state index contributed by atoms with van der Waals surface area (Å²) in [6, 6.07) is 1.88. The number of fused-ring (bicyclic) bond motifs is 2. The lowest BCUT2D eigenvalue weighted by molar-refractivity contribution is -0.393. The number of nitrogens with zero attached hydrogens (tertiary/aromatic N) is 4. The van der Waals surface area contributed by atoms with E-state index in [1.807, 2.05) is 0 Å². The van der Waals surface area contributed by atoms with Crippen LogP contribution in [0.5, 0.6) is 0 Å². The third-order valence-corrected chi connectivity index (χ3v) is 3.29. The first kappa shape index (κ1) is 12.2. The second kappa shape index (κ2) is 4.08. The van der Waals surface area contributed by atoms with Crippen LogP contribution in [-0.2, 0) is 13.0 Å². The summed E-state index contributed by atoms with van der Waals surface area (Å²) in [7, 11) is 0. The first-order valence-corrected chi connectivity index (χ1v) is 5.85. The van der Waals surface area contributed by atoms with E-state index in [2.05, 4.69) is 4.98 Å². The molecule has 0 spiro atoms. The molecule has 1 aromatic carbocycles. The molecule has 0 N–H and O–H groups in total. The Balaban J connectivity index is 2.47. The minimum absolute atomic E-state index is 0.0845. The largest absolute Gasteiger partial charge is 0.302 e. The molecule has 102 valence electrons. The van der Waals surface area contributed by atoms with Crippen LogP contribution in [-0.4, -0.2) is 19.4 Å². The van der Waals surface area contributed by atoms with Gasteiger partial charge in [-0.2, -0.15) is 0 Å². The maximum absolute atomic E-state index is 12.2. The number of aryl methyl sites for hydroxylation is 1. The van der Waals surface area contributed by atoms with Gasteiger partial charge in [-0.05, 0) is 6.42 Å². The molecule has 0 unspecified atom stereocenters. The van der Waals surface area contributed by atoms with E-state index in [1.54, 1.807) is 0 Å². The van der Waals surface area contributed by atoms with E-state index in [0.29, 0.717) is 18.8 Å². The summed E-state index contributed by atoms with van der Waals surface area (Å²) in [6.45, 7) is 0.480. The molecule has 9 heteroatoms. The van der Waals surface area contributed by atoms with Gasteiger partial charge in [0.15, 0.2) is 5.52 Å². The van der Waals surface area contributed by atoms with Gasteiger partial charge in [-0.25, -0.2) is 4.98 Å². The van der Waals surface area contributed by atoms with Crippen molar-refractivity contribution in [2.75, 3.05) is 0 Å². The lowest BCUT2D eigenvalue weighted by Gasteiger charge is -2.05. The Morgan fingerprint density at radius 3 is 2.60 bits per heavy atom. The second-order valence-electron chi connectivity index (χ2n) is 4.46. The fourth-order valence-electron chi connectivity index (χ4n) is 2.40. The molecule has 0 amide bonds. The van der Waals surface area contributed by atoms with Crippen LogP contribution in [0.2, 0.25) is 0 Å². The summed E-state index contributed by atoms with van der Waals surface area (Å²) in [5.74, 6) is 0.486. The highest BCUT2D eigenvalue weighted by atomic mass is 16.6. The van der Waals surface area contributed by atoms with Crippen LogP contribution in [0.1, 0.15) is 12.2 Å². The van der Waals surface area contributed by atoms with Gasteiger partial charge in [-0.3, -0.25) is 29.6 Å². The number of hydrogen-bond acceptors (Lipinski definition) is 6. The smallest absolute Gasteiger partial charge is 0.296 e. The molecule has 3 rings (SSSR count). The van der Waals surface area contributed by atoms with Crippen molar-refractivity contribution in [1.82, 2.24) is 9.55 Å². The average Bonchev–Trinajstić information content (AvgIpc) is 2.86. The van der Waals surface area contributed by atoms with E-state index >= 15 is 0 Å². The van der Waals surface area contributed by atoms with Gasteiger partial charge >= 0.3 is 5.69 Å². The molecule has 20 heavy (non-hydrogen) atoms. The molecule has 0 saturated carbocycles. The van der Waals surface area contributed by atoms with Crippen molar-refractivity contribution in [3.8, 4) is 0 Å². The molecule has 9 nitrogen and oxygen atoms in total. The van der Waals surface area contributed by atoms with Crippen molar-refractivity contribution in [2.24, 2.45) is 0 Å². The summed E-state index contributed by atoms with van der Waals surface area (Å²) in [5, 5.41) is 21.8. The van der Waals surface area contributed by atoms with Crippen LogP contribution in [0, 0.1) is 20.2 Å². The highest BCUT2D eigenvalue weighted by Crippen LogP contribution is 2.28. The number of rotatable bonds is 2. The molecule has 0 fully saturated rings. The maximum atomic E-state index is 12.2. The molecule has 1 aliphatic heterocycles. The van der Waals surface area contributed by atoms with Gasteiger partial charge in [-0.15, -0.1) is 0 Å². The van der Waals surface area contributed by atoms with Crippen molar-refractivity contribution in [2.45, 2.75) is 19.4 Å². The molecular weight excluding hydrogens is 268 g/mol. The Hall–Kier alpha value is -2.84. The van der Waals surface area contributed by atoms with Crippen LogP contribution >= 0.6 is 0 Å². The molecule has 0 saturated heterocycles. The second-order valence-corrected chi connectivity index (χ2v) is 4.46. The summed E-state index contributed by atoms with van der Waals surface area (Å²) in [4.78, 5) is 36.7. The highest BCUT2D eigenvalue weighted by Gasteiger charge is 2.25. The molecule has 0 aliphatic carbocycles. The predicted octanol–water partition coefficient (Wildman–Crippen LogP) is 1.16. The summed E-state index contributed by atoms with van der Waals surface area (Å²) in [6.07, 6.45) is 1.30. The van der Waals surface area contributed by atoms with E-state index in [9.17, 15) is 25.0 Å². The van der Waals surface area contributed by atoms with Gasteiger partial charge < -0.3 is 0 Å². The lowest BCUT2D eigenvalue weighted by atomic mass is 10.2. The number of nitro benzene ring substituents is 2. The van der Waals surface area contributed by atoms with Crippen LogP contribution in [0.25, 0.3) is 10.9 Å². The average molecular weight is 276 g/mol. The third-order valence-electron chi connectivity index (χ3n) is 3.29. The van der Waals surface area contributed by atoms with Crippen molar-refractivity contribution >= 4 is 22.3 Å². The zero-order valence-corrected chi connectivity index (χ0v) is 10.1. The molecular formula is C11H8N4O5. The summed E-state index contributed by atoms with van der Waals surface area (Å²) in [5.41, 5.74) is -1.55. The number of nitro groups is 2. The highest BCUT2D eigenvalue weighted by molar-refractivity contribution is 5.89. The van der Waals surface area contributed by atoms with Crippen molar-refractivity contribution in [3.63, 3.8) is 0 Å². The molecule has 2 heterocycles. The van der Waals surface area contributed by atoms with Gasteiger partial charge in [0.2, 0.25) is 0 Å². The van der Waals surface area contributed by atoms with Crippen LogP contribution < -0.4 is 5.56 Å². The third kappa shape index (κ3) is 1.63. The lowest BCUT2D eigenvalue weighted by Crippen LogP contribution is -2.21. The molecule has 1 aromatic heterocycles. The van der Waals surface area contributed by atoms with E-state index in [1.165, 1.54) is 4.57 Å². The minimum atomic E-state index is -0.760. The summed E-state index contributed by atoms with van der Waals surface area (Å²) >= 11 is 0. The van der Waals surface area contributed by atoms with Gasteiger partial charge in [0.25, 0.3) is 11.2 Å². The number of benzene rings is 1. The van der Waals surface area contributed by atoms with Crippen molar-refractivity contribution in [3.05, 3.63) is 48.5 Å². The normalized spacial score (nSPS) is 13.4. The molecule has 0 atom stereocenters. The van der Waals surface area contributed by atoms with Crippen molar-refractivity contribution < 1.29 is 9.85 Å². The SMILES string of the molecule is O=c1c2cc([N+](=O)[O-])cc([N+](=O)[O-])c2nc2n1CCC2. The first-order valence-electron chi connectivity index (χ1n) is 5.85. The zero-order chi connectivity index (χ0) is 14.4. The van der Waals surface area contributed by atoms with Crippen molar-refractivity contribution in [1.29, 1.82) is 0 Å². The van der Waals surface area contributed by atoms with Gasteiger partial charge in [0, 0.05) is 19.0 Å². The van der Waals surface area contributed by atoms with E-state index in [4.69, 9.17) is 0 Å². The molecule has 1 aliphatic rings. The molecule has 2 aromatic rings. The van der Waals surface area contributed by atoms with Crippen LogP contribution in [0.15, 0.2) is 16.9 Å². The maximum Gasteiger partial charge on any atom is 0.302 e. The number of non-ortho nitro benzene ring substituents is 2. The zero-order valence-electron chi connectivity index (χ0n) is 10.1. The first-order chi connectivity index (χ1) is 9.49. The summed E-state index contributed by atoms with van der Waals surface area (Å²) < 4.78 is 1.41. The Morgan fingerprint density at radius 1 is 1.20 bits per heavy atom. The fourth-order valence-corrected chi connectivity index (χ4v) is 2.40. The standard InChI is InChI=1S/C11H8N4O5/c16-11-7-4-6(14(17)18)5-8(15(19)20)10(7)12-9-2-1-3-13(9)11/h4-5H,1-3H2. The minimum Gasteiger partial charge on any atom is -0.296 e. The molecule has 0 radical (unpaired) electrons. The van der Waals surface area contributed by atoms with Gasteiger partial charge in [0.05, 0.1) is 21.3 Å². The number of hydrogen-bond donors (Lipinski definition) is 0. The fraction of sp³-hybridized carbons (Fsp3) is 0.273. The monoisotopic (exact) mass is 276 g/mol. The van der Waals surface area contributed by atoms with Crippen LogP contribution in [0.4, 0.5) is 11.4 Å². The van der Waals surface area contributed by atoms with E-state index < -0.39 is 26.8 Å². The topological polar surface area (TPSA) is 121 Å². The van der Waals surface area contributed by atoms with E-state index in [0.717, 1.165) is 18.6 Å². The quantitative estimate of drug-likeness (QED) is 0.599. The Labute approximate surface area is 110 Å². The predicted molar refractivity (Wildman–Crippen MR) is 67.6 cm³/mol. The Kier molecular flexibility index (Phi) is 2.49. The van der Waals surface area contributed by atoms with Gasteiger partial charge in [0.1, 0.15) is 5.82 Å². The molecule has 0 bridgehead atoms. The Morgan fingerprint density at radius 2 is 1.95 bits per heavy atom. The Bertz CT molecular complexity index is 826. The van der Waals surface area contributed by atoms with Gasteiger partial charge in [-0.1, -0.05) is 0 Å². The van der Waals surface area contributed by atoms with Crippen LogP contribution in [0.3, 0.4) is 0 Å². The number of aromatic nitrogens is 2. The van der Waals surface area contributed by atoms with E-state index in [-0.39, 0.29) is 10.9 Å².